The number of sulfone groups is 1. The molecule has 218 valence electrons. The van der Waals surface area contributed by atoms with Gasteiger partial charge in [-0.05, 0) is 67.5 Å². The van der Waals surface area contributed by atoms with Gasteiger partial charge in [0, 0.05) is 24.1 Å². The standard InChI is InChI=1S/C27H32N6O5S3/c1-15-11-17(32-27(30)31)13-19(33-22(34)9-4-3-5-10-23(35)36)24(15)16-7-6-8-18(12-16)41(37,38)21-14-20(25(28)29)40-26(21)39-2/h6-8,11-14H,3-5,9-10H2,1-2H3,(H3,28,29)(H,33,34)(H,35,36)(H4,30,31,32). The molecule has 0 unspecified atom stereocenters. The molecule has 0 saturated carbocycles. The zero-order valence-corrected chi connectivity index (χ0v) is 25.0. The second-order valence-electron chi connectivity index (χ2n) is 9.17. The van der Waals surface area contributed by atoms with E-state index >= 15 is 0 Å². The first-order valence-corrected chi connectivity index (χ1v) is 16.0. The highest BCUT2D eigenvalue weighted by Crippen LogP contribution is 2.39. The van der Waals surface area contributed by atoms with E-state index in [9.17, 15) is 18.0 Å². The van der Waals surface area contributed by atoms with E-state index in [0.717, 1.165) is 11.3 Å². The van der Waals surface area contributed by atoms with Crippen molar-refractivity contribution in [2.45, 2.75) is 53.0 Å². The van der Waals surface area contributed by atoms with Crippen molar-refractivity contribution < 1.29 is 23.1 Å². The highest BCUT2D eigenvalue weighted by Gasteiger charge is 2.26. The summed E-state index contributed by atoms with van der Waals surface area (Å²) in [5.74, 6) is -1.66. The molecule has 0 fully saturated rings. The van der Waals surface area contributed by atoms with E-state index in [4.69, 9.17) is 27.4 Å². The Bertz CT molecular complexity index is 1600. The topological polar surface area (TPSA) is 212 Å². The smallest absolute Gasteiger partial charge is 0.303 e. The summed E-state index contributed by atoms with van der Waals surface area (Å²) in [4.78, 5) is 24.0. The molecule has 41 heavy (non-hydrogen) atoms. The Morgan fingerprint density at radius 1 is 1.02 bits per heavy atom. The van der Waals surface area contributed by atoms with Crippen molar-refractivity contribution in [1.29, 1.82) is 10.8 Å². The van der Waals surface area contributed by atoms with Gasteiger partial charge in [-0.2, -0.15) is 0 Å². The average molecular weight is 617 g/mol. The number of aryl methyl sites for hydroxylation is 1. The van der Waals surface area contributed by atoms with Gasteiger partial charge in [0.1, 0.15) is 5.84 Å². The first kappa shape index (κ1) is 31.6. The molecule has 9 N–H and O–H groups in total. The number of aliphatic carboxylic acids is 1. The fourth-order valence-electron chi connectivity index (χ4n) is 4.21. The van der Waals surface area contributed by atoms with Crippen molar-refractivity contribution in [3.8, 4) is 11.1 Å². The molecule has 3 rings (SSSR count). The molecule has 0 aliphatic rings. The Labute approximate surface area is 246 Å². The number of amides is 1. The molecule has 3 aromatic rings. The molecule has 1 aromatic heterocycles. The number of nitrogen functional groups attached to an aromatic ring is 1. The summed E-state index contributed by atoms with van der Waals surface area (Å²) in [7, 11) is -3.97. The van der Waals surface area contributed by atoms with Crippen molar-refractivity contribution in [2.24, 2.45) is 11.5 Å². The number of anilines is 2. The monoisotopic (exact) mass is 616 g/mol. The molecule has 0 radical (unpaired) electrons. The Balaban J connectivity index is 2.01. The summed E-state index contributed by atoms with van der Waals surface area (Å²) in [5.41, 5.74) is 13.8. The van der Waals surface area contributed by atoms with Gasteiger partial charge in [-0.15, -0.1) is 23.1 Å². The molecule has 14 heteroatoms. The number of unbranched alkanes of at least 4 members (excludes halogenated alkanes) is 2. The second kappa shape index (κ2) is 13.7. The Hall–Kier alpha value is -3.88. The molecular formula is C27H32N6O5S3. The summed E-state index contributed by atoms with van der Waals surface area (Å²) in [6.07, 6.45) is 3.54. The Morgan fingerprint density at radius 2 is 1.73 bits per heavy atom. The predicted molar refractivity (Wildman–Crippen MR) is 164 cm³/mol. The van der Waals surface area contributed by atoms with Crippen molar-refractivity contribution in [3.63, 3.8) is 0 Å². The molecule has 0 atom stereocenters. The summed E-state index contributed by atoms with van der Waals surface area (Å²) in [6.45, 7) is 1.80. The molecule has 1 amide bonds. The first-order chi connectivity index (χ1) is 19.3. The third-order valence-corrected chi connectivity index (χ3v) is 10.4. The number of guanidine groups is 1. The molecule has 0 bridgehead atoms. The van der Waals surface area contributed by atoms with Gasteiger partial charge in [-0.1, -0.05) is 18.6 Å². The maximum Gasteiger partial charge on any atom is 0.303 e. The second-order valence-corrected chi connectivity index (χ2v) is 13.2. The van der Waals surface area contributed by atoms with Crippen molar-refractivity contribution in [2.75, 3.05) is 16.9 Å². The van der Waals surface area contributed by atoms with E-state index in [1.54, 1.807) is 37.4 Å². The van der Waals surface area contributed by atoms with Crippen molar-refractivity contribution in [3.05, 3.63) is 52.9 Å². The minimum Gasteiger partial charge on any atom is -0.481 e. The number of carboxylic acids is 1. The van der Waals surface area contributed by atoms with Gasteiger partial charge in [0.2, 0.25) is 15.7 Å². The lowest BCUT2D eigenvalue weighted by Crippen LogP contribution is -2.21. The number of nitrogens with two attached hydrogens (primary N) is 2. The average Bonchev–Trinajstić information content (AvgIpc) is 3.34. The van der Waals surface area contributed by atoms with E-state index < -0.39 is 15.8 Å². The van der Waals surface area contributed by atoms with Crippen LogP contribution in [0.1, 0.15) is 42.5 Å². The van der Waals surface area contributed by atoms with E-state index in [2.05, 4.69) is 10.6 Å². The van der Waals surface area contributed by atoms with Crippen LogP contribution >= 0.6 is 23.1 Å². The molecule has 0 aliphatic carbocycles. The van der Waals surface area contributed by atoms with E-state index in [1.165, 1.54) is 30.0 Å². The molecule has 0 spiro atoms. The van der Waals surface area contributed by atoms with Gasteiger partial charge in [0.05, 0.1) is 24.6 Å². The van der Waals surface area contributed by atoms with Crippen LogP contribution < -0.4 is 22.1 Å². The summed E-state index contributed by atoms with van der Waals surface area (Å²) < 4.78 is 27.9. The van der Waals surface area contributed by atoms with Gasteiger partial charge >= 0.3 is 5.97 Å². The van der Waals surface area contributed by atoms with Gasteiger partial charge in [0.15, 0.2) is 5.96 Å². The third-order valence-electron chi connectivity index (χ3n) is 6.02. The Kier molecular flexibility index (Phi) is 10.5. The number of amidine groups is 1. The van der Waals surface area contributed by atoms with Crippen LogP contribution in [0.3, 0.4) is 0 Å². The van der Waals surface area contributed by atoms with Gasteiger partial charge in [-0.25, -0.2) is 8.42 Å². The quantitative estimate of drug-likeness (QED) is 0.0605. The fraction of sp³-hybridized carbons (Fsp3) is 0.259. The van der Waals surface area contributed by atoms with Gasteiger partial charge in [-0.3, -0.25) is 20.4 Å². The Morgan fingerprint density at radius 3 is 2.37 bits per heavy atom. The molecular weight excluding hydrogens is 585 g/mol. The molecule has 11 nitrogen and oxygen atoms in total. The molecule has 1 heterocycles. The van der Waals surface area contributed by atoms with Gasteiger partial charge in [0.25, 0.3) is 0 Å². The predicted octanol–water partition coefficient (Wildman–Crippen LogP) is 4.84. The zero-order chi connectivity index (χ0) is 30.3. The largest absolute Gasteiger partial charge is 0.481 e. The van der Waals surface area contributed by atoms with Crippen molar-refractivity contribution >= 4 is 68.0 Å². The lowest BCUT2D eigenvalue weighted by atomic mass is 9.97. The number of nitrogens with one attached hydrogen (secondary N) is 4. The first-order valence-electron chi connectivity index (χ1n) is 12.5. The van der Waals surface area contributed by atoms with E-state index in [-0.39, 0.29) is 40.3 Å². The van der Waals surface area contributed by atoms with Crippen LogP contribution in [0.25, 0.3) is 11.1 Å². The molecule has 0 saturated heterocycles. The number of hydrogen-bond acceptors (Lipinski definition) is 8. The van der Waals surface area contributed by atoms with Crippen LogP contribution in [-0.4, -0.2) is 43.5 Å². The SMILES string of the molecule is CSc1sc(C(=N)N)cc1S(=O)(=O)c1cccc(-c2c(C)cc(NC(=N)N)cc2NC(=O)CCCCCC(=O)O)c1. The number of benzene rings is 2. The zero-order valence-electron chi connectivity index (χ0n) is 22.5. The molecule has 0 aliphatic heterocycles. The number of rotatable bonds is 13. The number of carbonyl (C=O) groups excluding carboxylic acids is 1. The van der Waals surface area contributed by atoms with Crippen LogP contribution in [-0.2, 0) is 19.4 Å². The number of carbonyl (C=O) groups is 2. The summed E-state index contributed by atoms with van der Waals surface area (Å²) in [5, 5.41) is 29.7. The fourth-order valence-corrected chi connectivity index (χ4v) is 8.12. The normalized spacial score (nSPS) is 11.2. The molecule has 2 aromatic carbocycles. The highest BCUT2D eigenvalue weighted by atomic mass is 32.2. The van der Waals surface area contributed by atoms with Crippen LogP contribution in [0, 0.1) is 17.7 Å². The van der Waals surface area contributed by atoms with Crippen LogP contribution in [0.5, 0.6) is 0 Å². The summed E-state index contributed by atoms with van der Waals surface area (Å²) >= 11 is 2.40. The minimum absolute atomic E-state index is 0.0410. The number of thioether (sulfide) groups is 1. The number of thiophene rings is 1. The van der Waals surface area contributed by atoms with Crippen LogP contribution in [0.2, 0.25) is 0 Å². The van der Waals surface area contributed by atoms with Crippen LogP contribution in [0.15, 0.2) is 56.5 Å². The number of hydrogen-bond donors (Lipinski definition) is 7. The maximum absolute atomic E-state index is 13.7. The van der Waals surface area contributed by atoms with E-state index in [0.29, 0.717) is 56.4 Å². The maximum atomic E-state index is 13.7. The highest BCUT2D eigenvalue weighted by molar-refractivity contribution is 8.01. The lowest BCUT2D eigenvalue weighted by molar-refractivity contribution is -0.137. The van der Waals surface area contributed by atoms with Crippen LogP contribution in [0.4, 0.5) is 11.4 Å². The third kappa shape index (κ3) is 8.08. The lowest BCUT2D eigenvalue weighted by Gasteiger charge is -2.18. The van der Waals surface area contributed by atoms with E-state index in [1.807, 2.05) is 0 Å². The number of carboxylic acid groups (broad SMARTS) is 1. The summed E-state index contributed by atoms with van der Waals surface area (Å²) in [6, 6.07) is 11.2. The van der Waals surface area contributed by atoms with Gasteiger partial charge < -0.3 is 27.2 Å². The van der Waals surface area contributed by atoms with Crippen molar-refractivity contribution in [1.82, 2.24) is 0 Å². The minimum atomic E-state index is -3.97.